The van der Waals surface area contributed by atoms with Gasteiger partial charge in [0.05, 0.1) is 15.6 Å². The number of halogens is 2. The van der Waals surface area contributed by atoms with Crippen LogP contribution >= 0.6 is 23.2 Å². The second-order valence-electron chi connectivity index (χ2n) is 5.63. The van der Waals surface area contributed by atoms with Gasteiger partial charge in [-0.05, 0) is 31.0 Å². The van der Waals surface area contributed by atoms with Crippen molar-refractivity contribution in [3.63, 3.8) is 0 Å². The molecule has 9 heteroatoms. The molecule has 1 aromatic heterocycles. The highest BCUT2D eigenvalue weighted by molar-refractivity contribution is 6.40. The summed E-state index contributed by atoms with van der Waals surface area (Å²) in [5.74, 6) is 0.455. The third kappa shape index (κ3) is 6.23. The van der Waals surface area contributed by atoms with Crippen molar-refractivity contribution < 1.29 is 14.4 Å². The Kier molecular flexibility index (Phi) is 7.57. The Balaban J connectivity index is 0.000000313. The molecule has 1 aromatic carbocycles. The zero-order valence-electron chi connectivity index (χ0n) is 14.5. The maximum atomic E-state index is 12.1. The van der Waals surface area contributed by atoms with Gasteiger partial charge in [0.25, 0.3) is 5.91 Å². The van der Waals surface area contributed by atoms with Gasteiger partial charge in [0.15, 0.2) is 0 Å². The molecule has 0 spiro atoms. The van der Waals surface area contributed by atoms with Crippen LogP contribution in [0.2, 0.25) is 10.0 Å². The third-order valence-electron chi connectivity index (χ3n) is 3.61. The molecule has 0 aliphatic heterocycles. The maximum Gasteiger partial charge on any atom is 0.258 e. The second-order valence-corrected chi connectivity index (χ2v) is 6.45. The van der Waals surface area contributed by atoms with Crippen LogP contribution in [0, 0.1) is 5.92 Å². The lowest BCUT2D eigenvalue weighted by Gasteiger charge is -2.09. The van der Waals surface area contributed by atoms with E-state index in [4.69, 9.17) is 23.2 Å². The van der Waals surface area contributed by atoms with Crippen LogP contribution in [0.25, 0.3) is 0 Å². The topological polar surface area (TPSA) is 100 Å². The van der Waals surface area contributed by atoms with Crippen LogP contribution in [-0.2, 0) is 9.59 Å². The van der Waals surface area contributed by atoms with Crippen LogP contribution in [-0.4, -0.2) is 30.3 Å². The molecule has 2 aromatic rings. The lowest BCUT2D eigenvalue weighted by Crippen LogP contribution is -2.18. The summed E-state index contributed by atoms with van der Waals surface area (Å²) in [5.41, 5.74) is 0.655. The summed E-state index contributed by atoms with van der Waals surface area (Å²) in [6.07, 6.45) is 4.15. The van der Waals surface area contributed by atoms with E-state index in [-0.39, 0.29) is 21.5 Å². The molecule has 0 bridgehead atoms. The van der Waals surface area contributed by atoms with Crippen LogP contribution in [0.15, 0.2) is 36.5 Å². The summed E-state index contributed by atoms with van der Waals surface area (Å²) in [7, 11) is 1.68. The Morgan fingerprint density at radius 3 is 2.37 bits per heavy atom. The first-order chi connectivity index (χ1) is 13.0. The van der Waals surface area contributed by atoms with Gasteiger partial charge in [0.2, 0.25) is 12.3 Å². The highest BCUT2D eigenvalue weighted by Crippen LogP contribution is 2.28. The van der Waals surface area contributed by atoms with E-state index in [0.717, 1.165) is 12.8 Å². The van der Waals surface area contributed by atoms with E-state index >= 15 is 0 Å². The molecule has 0 radical (unpaired) electrons. The van der Waals surface area contributed by atoms with Crippen molar-refractivity contribution in [3.05, 3.63) is 52.1 Å². The number of benzene rings is 1. The number of anilines is 2. The Labute approximate surface area is 166 Å². The molecular formula is C18H18Cl2N4O3. The van der Waals surface area contributed by atoms with E-state index < -0.39 is 5.91 Å². The van der Waals surface area contributed by atoms with Gasteiger partial charge in [-0.2, -0.15) is 0 Å². The zero-order valence-corrected chi connectivity index (χ0v) is 16.0. The van der Waals surface area contributed by atoms with Gasteiger partial charge in [0.1, 0.15) is 5.82 Å². The molecule has 3 rings (SSSR count). The second kappa shape index (κ2) is 9.89. The lowest BCUT2D eigenvalue weighted by molar-refractivity contribution is -0.121. The summed E-state index contributed by atoms with van der Waals surface area (Å²) in [6.45, 7) is 0. The minimum atomic E-state index is -0.441. The van der Waals surface area contributed by atoms with E-state index in [1.54, 1.807) is 31.3 Å². The van der Waals surface area contributed by atoms with Gasteiger partial charge in [-0.3, -0.25) is 14.4 Å². The molecule has 0 unspecified atom stereocenters. The summed E-state index contributed by atoms with van der Waals surface area (Å²) in [6, 6.07) is 7.90. The largest absolute Gasteiger partial charge is 0.359 e. The number of carbonyl (C=O) groups excluding carboxylic acids is 3. The molecule has 0 saturated heterocycles. The fourth-order valence-electron chi connectivity index (χ4n) is 2.11. The van der Waals surface area contributed by atoms with Gasteiger partial charge in [-0.15, -0.1) is 0 Å². The van der Waals surface area contributed by atoms with Gasteiger partial charge in [-0.1, -0.05) is 29.3 Å². The number of nitrogens with zero attached hydrogens (tertiary/aromatic N) is 1. The molecule has 7 nitrogen and oxygen atoms in total. The number of rotatable bonds is 5. The molecule has 3 N–H and O–H groups in total. The number of nitrogens with one attached hydrogen (secondary N) is 3. The number of hydrogen-bond donors (Lipinski definition) is 3. The molecule has 1 heterocycles. The normalized spacial score (nSPS) is 12.3. The van der Waals surface area contributed by atoms with Crippen LogP contribution in [0.5, 0.6) is 0 Å². The SMILES string of the molecule is CNC(=O)C1CC1.O=CNc1cc(NC(=O)c2c(Cl)cccc2Cl)ccn1. The number of carbonyl (C=O) groups is 3. The maximum absolute atomic E-state index is 12.1. The van der Waals surface area contributed by atoms with Gasteiger partial charge in [-0.25, -0.2) is 4.98 Å². The van der Waals surface area contributed by atoms with Crippen LogP contribution < -0.4 is 16.0 Å². The first-order valence-corrected chi connectivity index (χ1v) is 8.85. The molecule has 142 valence electrons. The number of amides is 3. The molecule has 1 saturated carbocycles. The van der Waals surface area contributed by atoms with E-state index in [2.05, 4.69) is 20.9 Å². The number of pyridine rings is 1. The fourth-order valence-corrected chi connectivity index (χ4v) is 2.67. The Hall–Kier alpha value is -2.64. The third-order valence-corrected chi connectivity index (χ3v) is 4.24. The Bertz CT molecular complexity index is 821. The average molecular weight is 409 g/mol. The van der Waals surface area contributed by atoms with Crippen molar-refractivity contribution in [2.45, 2.75) is 12.8 Å². The average Bonchev–Trinajstić information content (AvgIpc) is 3.47. The van der Waals surface area contributed by atoms with Crippen molar-refractivity contribution in [2.75, 3.05) is 17.7 Å². The Morgan fingerprint density at radius 2 is 1.85 bits per heavy atom. The molecule has 1 aliphatic rings. The number of aromatic nitrogens is 1. The van der Waals surface area contributed by atoms with Crippen molar-refractivity contribution in [3.8, 4) is 0 Å². The lowest BCUT2D eigenvalue weighted by atomic mass is 10.2. The van der Waals surface area contributed by atoms with Gasteiger partial charge >= 0.3 is 0 Å². The zero-order chi connectivity index (χ0) is 19.8. The van der Waals surface area contributed by atoms with E-state index in [1.165, 1.54) is 12.3 Å². The highest BCUT2D eigenvalue weighted by Gasteiger charge is 2.28. The van der Waals surface area contributed by atoms with Gasteiger partial charge < -0.3 is 16.0 Å². The van der Waals surface area contributed by atoms with Crippen molar-refractivity contribution in [2.24, 2.45) is 5.92 Å². The minimum Gasteiger partial charge on any atom is -0.359 e. The van der Waals surface area contributed by atoms with Gasteiger partial charge in [0, 0.05) is 30.9 Å². The van der Waals surface area contributed by atoms with E-state index in [0.29, 0.717) is 23.8 Å². The standard InChI is InChI=1S/C13H9Cl2N3O2.C5H9NO/c14-9-2-1-3-10(15)12(9)13(20)18-8-4-5-16-11(6-8)17-7-19;1-6-5(7)4-2-3-4/h1-7H,(H2,16,17,18,19,20);4H,2-3H2,1H3,(H,6,7). The summed E-state index contributed by atoms with van der Waals surface area (Å²) in [5, 5.41) is 8.13. The quantitative estimate of drug-likeness (QED) is 0.660. The molecule has 1 fully saturated rings. The summed E-state index contributed by atoms with van der Waals surface area (Å²) in [4.78, 5) is 36.8. The van der Waals surface area contributed by atoms with Crippen LogP contribution in [0.4, 0.5) is 11.5 Å². The molecule has 3 amide bonds. The molecular weight excluding hydrogens is 391 g/mol. The molecule has 1 aliphatic carbocycles. The minimum absolute atomic E-state index is 0.192. The highest BCUT2D eigenvalue weighted by atomic mass is 35.5. The smallest absolute Gasteiger partial charge is 0.258 e. The fraction of sp³-hybridized carbons (Fsp3) is 0.222. The Morgan fingerprint density at radius 1 is 1.19 bits per heavy atom. The monoisotopic (exact) mass is 408 g/mol. The predicted molar refractivity (Wildman–Crippen MR) is 105 cm³/mol. The number of hydrogen-bond acceptors (Lipinski definition) is 4. The molecule has 0 atom stereocenters. The first kappa shape index (κ1) is 20.7. The summed E-state index contributed by atoms with van der Waals surface area (Å²) < 4.78 is 0. The first-order valence-electron chi connectivity index (χ1n) is 8.09. The van der Waals surface area contributed by atoms with E-state index in [1.807, 2.05) is 0 Å². The van der Waals surface area contributed by atoms with Crippen LogP contribution in [0.3, 0.4) is 0 Å². The predicted octanol–water partition coefficient (Wildman–Crippen LogP) is 3.35. The van der Waals surface area contributed by atoms with Crippen molar-refractivity contribution in [1.82, 2.24) is 10.3 Å². The van der Waals surface area contributed by atoms with Crippen molar-refractivity contribution >= 4 is 52.9 Å². The van der Waals surface area contributed by atoms with Crippen molar-refractivity contribution in [1.29, 1.82) is 0 Å². The van der Waals surface area contributed by atoms with E-state index in [9.17, 15) is 14.4 Å². The van der Waals surface area contributed by atoms with Crippen LogP contribution in [0.1, 0.15) is 23.2 Å². The molecule has 27 heavy (non-hydrogen) atoms. The summed E-state index contributed by atoms with van der Waals surface area (Å²) >= 11 is 11.9.